The van der Waals surface area contributed by atoms with Crippen molar-refractivity contribution in [1.29, 1.82) is 0 Å². The van der Waals surface area contributed by atoms with E-state index in [1.807, 2.05) is 25.1 Å². The third-order valence-corrected chi connectivity index (χ3v) is 4.19. The van der Waals surface area contributed by atoms with Gasteiger partial charge in [0.1, 0.15) is 5.25 Å². The van der Waals surface area contributed by atoms with Crippen LogP contribution in [-0.4, -0.2) is 23.6 Å². The number of benzene rings is 1. The summed E-state index contributed by atoms with van der Waals surface area (Å²) in [7, 11) is 0. The van der Waals surface area contributed by atoms with Crippen LogP contribution < -0.4 is 0 Å². The van der Waals surface area contributed by atoms with Crippen LogP contribution in [-0.2, 0) is 9.53 Å². The van der Waals surface area contributed by atoms with Gasteiger partial charge in [0, 0.05) is 5.92 Å². The average Bonchev–Trinajstić information content (AvgIpc) is 2.79. The van der Waals surface area contributed by atoms with Crippen molar-refractivity contribution in [1.82, 2.24) is 0 Å². The Hall–Kier alpha value is -0.960. The molecule has 0 aliphatic carbocycles. The Balaban J connectivity index is 2.12. The Kier molecular flexibility index (Phi) is 3.88. The summed E-state index contributed by atoms with van der Waals surface area (Å²) in [6.45, 7) is 2.33. The van der Waals surface area contributed by atoms with Gasteiger partial charge in [0.05, 0.1) is 6.61 Å². The largest absolute Gasteiger partial charge is 0.465 e. The van der Waals surface area contributed by atoms with E-state index in [0.29, 0.717) is 12.5 Å². The van der Waals surface area contributed by atoms with Gasteiger partial charge in [0.2, 0.25) is 0 Å². The number of hydrogen-bond acceptors (Lipinski definition) is 3. The highest BCUT2D eigenvalue weighted by Crippen LogP contribution is 2.40. The van der Waals surface area contributed by atoms with E-state index in [4.69, 9.17) is 4.74 Å². The van der Waals surface area contributed by atoms with Crippen LogP contribution in [0.4, 0.5) is 0 Å². The maximum atomic E-state index is 11.8. The first-order chi connectivity index (χ1) is 7.83. The Bertz CT molecular complexity index is 350. The van der Waals surface area contributed by atoms with Crippen LogP contribution in [0.25, 0.3) is 0 Å². The van der Waals surface area contributed by atoms with Gasteiger partial charge >= 0.3 is 5.97 Å². The van der Waals surface area contributed by atoms with Crippen molar-refractivity contribution in [3.63, 3.8) is 0 Å². The first-order valence-corrected chi connectivity index (χ1v) is 6.71. The molecule has 0 radical (unpaired) electrons. The van der Waals surface area contributed by atoms with Gasteiger partial charge in [-0.1, -0.05) is 30.3 Å². The smallest absolute Gasteiger partial charge is 0.319 e. The van der Waals surface area contributed by atoms with Gasteiger partial charge in [0.15, 0.2) is 0 Å². The highest BCUT2D eigenvalue weighted by Gasteiger charge is 2.35. The number of ether oxygens (including phenoxy) is 1. The number of hydrogen-bond donors (Lipinski definition) is 0. The van der Waals surface area contributed by atoms with Crippen molar-refractivity contribution in [3.05, 3.63) is 35.9 Å². The highest BCUT2D eigenvalue weighted by atomic mass is 32.2. The summed E-state index contributed by atoms with van der Waals surface area (Å²) in [4.78, 5) is 11.8. The quantitative estimate of drug-likeness (QED) is 0.755. The fourth-order valence-corrected chi connectivity index (χ4v) is 3.46. The minimum Gasteiger partial charge on any atom is -0.465 e. The lowest BCUT2D eigenvalue weighted by Crippen LogP contribution is -2.23. The van der Waals surface area contributed by atoms with Crippen LogP contribution in [0.15, 0.2) is 30.3 Å². The van der Waals surface area contributed by atoms with E-state index in [2.05, 4.69) is 12.1 Å². The Labute approximate surface area is 100 Å². The third kappa shape index (κ3) is 2.40. The zero-order valence-corrected chi connectivity index (χ0v) is 10.2. The average molecular weight is 236 g/mol. The molecule has 0 aromatic heterocycles. The van der Waals surface area contributed by atoms with E-state index in [1.165, 1.54) is 5.56 Å². The summed E-state index contributed by atoms with van der Waals surface area (Å²) < 4.78 is 5.12. The van der Waals surface area contributed by atoms with Crippen molar-refractivity contribution in [2.75, 3.05) is 12.4 Å². The lowest BCUT2D eigenvalue weighted by molar-refractivity contribution is -0.142. The zero-order chi connectivity index (χ0) is 11.4. The number of thioether (sulfide) groups is 1. The van der Waals surface area contributed by atoms with Gasteiger partial charge in [0.25, 0.3) is 0 Å². The lowest BCUT2D eigenvalue weighted by atomic mass is 9.93. The predicted octanol–water partition coefficient (Wildman–Crippen LogP) is 2.84. The summed E-state index contributed by atoms with van der Waals surface area (Å²) in [6, 6.07) is 10.3. The third-order valence-electron chi connectivity index (χ3n) is 2.84. The zero-order valence-electron chi connectivity index (χ0n) is 9.39. The second kappa shape index (κ2) is 5.39. The van der Waals surface area contributed by atoms with E-state index >= 15 is 0 Å². The van der Waals surface area contributed by atoms with Gasteiger partial charge in [-0.25, -0.2) is 0 Å². The molecule has 1 aromatic rings. The highest BCUT2D eigenvalue weighted by molar-refractivity contribution is 8.00. The standard InChI is InChI=1S/C13H16O2S/c1-2-15-13(14)12-11(8-9-16-12)10-6-4-3-5-7-10/h3-7,11-12H,2,8-9H2,1H3. The molecule has 1 saturated heterocycles. The van der Waals surface area contributed by atoms with Crippen LogP contribution in [0.2, 0.25) is 0 Å². The maximum Gasteiger partial charge on any atom is 0.319 e. The fourth-order valence-electron chi connectivity index (χ4n) is 2.09. The normalized spacial score (nSPS) is 24.3. The fraction of sp³-hybridized carbons (Fsp3) is 0.462. The van der Waals surface area contributed by atoms with E-state index in [-0.39, 0.29) is 11.2 Å². The van der Waals surface area contributed by atoms with Crippen LogP contribution >= 0.6 is 11.8 Å². The van der Waals surface area contributed by atoms with E-state index < -0.39 is 0 Å². The van der Waals surface area contributed by atoms with E-state index in [9.17, 15) is 4.79 Å². The molecule has 86 valence electrons. The molecule has 0 spiro atoms. The Morgan fingerprint density at radius 2 is 2.19 bits per heavy atom. The minimum absolute atomic E-state index is 0.0117. The summed E-state index contributed by atoms with van der Waals surface area (Å²) in [5.74, 6) is 1.31. The van der Waals surface area contributed by atoms with Gasteiger partial charge in [-0.3, -0.25) is 4.79 Å². The number of esters is 1. The van der Waals surface area contributed by atoms with Crippen LogP contribution in [0.1, 0.15) is 24.8 Å². The summed E-state index contributed by atoms with van der Waals surface area (Å²) in [5, 5.41) is -0.0117. The molecule has 2 rings (SSSR count). The first kappa shape index (κ1) is 11.5. The lowest BCUT2D eigenvalue weighted by Gasteiger charge is -2.17. The second-order valence-corrected chi connectivity index (χ2v) is 5.10. The topological polar surface area (TPSA) is 26.3 Å². The molecule has 0 saturated carbocycles. The van der Waals surface area contributed by atoms with E-state index in [1.54, 1.807) is 11.8 Å². The van der Waals surface area contributed by atoms with E-state index in [0.717, 1.165) is 12.2 Å². The molecule has 1 aliphatic heterocycles. The molecular weight excluding hydrogens is 220 g/mol. The van der Waals surface area contributed by atoms with Crippen molar-refractivity contribution >= 4 is 17.7 Å². The molecule has 3 heteroatoms. The molecule has 2 nitrogen and oxygen atoms in total. The Morgan fingerprint density at radius 3 is 2.88 bits per heavy atom. The maximum absolute atomic E-state index is 11.8. The van der Waals surface area contributed by atoms with Gasteiger partial charge < -0.3 is 4.74 Å². The number of carbonyl (C=O) groups excluding carboxylic acids is 1. The van der Waals surface area contributed by atoms with Gasteiger partial charge in [-0.15, -0.1) is 11.8 Å². The van der Waals surface area contributed by atoms with Crippen LogP contribution in [0.3, 0.4) is 0 Å². The molecule has 0 bridgehead atoms. The molecule has 1 fully saturated rings. The number of rotatable bonds is 3. The summed E-state index contributed by atoms with van der Waals surface area (Å²) in [6.07, 6.45) is 1.07. The molecule has 0 amide bonds. The van der Waals surface area contributed by atoms with Gasteiger partial charge in [-0.05, 0) is 24.7 Å². The molecule has 0 N–H and O–H groups in total. The van der Waals surface area contributed by atoms with Crippen molar-refractivity contribution in [2.45, 2.75) is 24.5 Å². The molecule has 2 atom stereocenters. The van der Waals surface area contributed by atoms with Crippen molar-refractivity contribution in [3.8, 4) is 0 Å². The van der Waals surface area contributed by atoms with Gasteiger partial charge in [-0.2, -0.15) is 0 Å². The summed E-state index contributed by atoms with van der Waals surface area (Å²) >= 11 is 1.72. The molecular formula is C13H16O2S. The van der Waals surface area contributed by atoms with Crippen LogP contribution in [0, 0.1) is 0 Å². The second-order valence-electron chi connectivity index (χ2n) is 3.85. The molecule has 2 unspecified atom stereocenters. The molecule has 1 aliphatic rings. The monoisotopic (exact) mass is 236 g/mol. The molecule has 16 heavy (non-hydrogen) atoms. The Morgan fingerprint density at radius 1 is 1.44 bits per heavy atom. The van der Waals surface area contributed by atoms with Crippen molar-refractivity contribution in [2.24, 2.45) is 0 Å². The SMILES string of the molecule is CCOC(=O)C1SCCC1c1ccccc1. The first-order valence-electron chi connectivity index (χ1n) is 5.66. The van der Waals surface area contributed by atoms with Crippen LogP contribution in [0.5, 0.6) is 0 Å². The molecule has 1 aromatic carbocycles. The van der Waals surface area contributed by atoms with Crippen molar-refractivity contribution < 1.29 is 9.53 Å². The predicted molar refractivity (Wildman–Crippen MR) is 66.7 cm³/mol. The summed E-state index contributed by atoms with van der Waals surface area (Å²) in [5.41, 5.74) is 1.26. The minimum atomic E-state index is -0.0566. The molecule has 1 heterocycles. The number of carbonyl (C=O) groups is 1.